The molecule has 1 atom stereocenters. The highest BCUT2D eigenvalue weighted by molar-refractivity contribution is 5.93. The Morgan fingerprint density at radius 2 is 2.40 bits per heavy atom. The Labute approximate surface area is 88.0 Å². The van der Waals surface area contributed by atoms with Gasteiger partial charge in [-0.05, 0) is 13.0 Å². The van der Waals surface area contributed by atoms with Gasteiger partial charge in [0.25, 0.3) is 0 Å². The third kappa shape index (κ3) is 1.73. The van der Waals surface area contributed by atoms with Gasteiger partial charge in [0, 0.05) is 12.0 Å². The second-order valence-corrected chi connectivity index (χ2v) is 3.55. The first-order valence-electron chi connectivity index (χ1n) is 4.77. The lowest BCUT2D eigenvalue weighted by Crippen LogP contribution is -2.19. The highest BCUT2D eigenvalue weighted by Crippen LogP contribution is 2.32. The summed E-state index contributed by atoms with van der Waals surface area (Å²) in [4.78, 5) is 11.6. The summed E-state index contributed by atoms with van der Waals surface area (Å²) in [5, 5.41) is 0. The molecule has 1 aliphatic heterocycles. The number of esters is 1. The van der Waals surface area contributed by atoms with Gasteiger partial charge in [-0.25, -0.2) is 4.79 Å². The van der Waals surface area contributed by atoms with Crippen LogP contribution in [0, 0.1) is 0 Å². The van der Waals surface area contributed by atoms with E-state index in [0.29, 0.717) is 12.0 Å². The Morgan fingerprint density at radius 1 is 1.60 bits per heavy atom. The van der Waals surface area contributed by atoms with Crippen LogP contribution in [-0.4, -0.2) is 5.97 Å². The Morgan fingerprint density at radius 3 is 2.93 bits per heavy atom. The summed E-state index contributed by atoms with van der Waals surface area (Å²) in [5.74, 6) is -0.306. The van der Waals surface area contributed by atoms with Crippen molar-refractivity contribution in [2.75, 3.05) is 0 Å². The number of hydrogen-bond donors (Lipinski definition) is 0. The molecule has 2 heterocycles. The van der Waals surface area contributed by atoms with Crippen LogP contribution in [0.4, 0.5) is 0 Å². The van der Waals surface area contributed by atoms with Gasteiger partial charge in [-0.15, -0.1) is 0 Å². The lowest BCUT2D eigenvalue weighted by atomic mass is 9.97. The summed E-state index contributed by atoms with van der Waals surface area (Å²) in [6.07, 6.45) is 5.20. The van der Waals surface area contributed by atoms with Gasteiger partial charge in [-0.2, -0.15) is 0 Å². The summed E-state index contributed by atoms with van der Waals surface area (Å²) in [6, 6.07) is 1.81. The molecule has 0 amide bonds. The van der Waals surface area contributed by atoms with E-state index in [9.17, 15) is 4.79 Å². The van der Waals surface area contributed by atoms with Crippen LogP contribution < -0.4 is 0 Å². The highest BCUT2D eigenvalue weighted by atomic mass is 16.5. The van der Waals surface area contributed by atoms with Gasteiger partial charge in [-0.3, -0.25) is 0 Å². The number of ether oxygens (including phenoxy) is 1. The molecule has 0 saturated heterocycles. The van der Waals surface area contributed by atoms with Crippen LogP contribution >= 0.6 is 0 Å². The maximum Gasteiger partial charge on any atom is 0.338 e. The fraction of sp³-hybridized carbons (Fsp3) is 0.250. The fourth-order valence-corrected chi connectivity index (χ4v) is 1.70. The minimum Gasteiger partial charge on any atom is -0.472 e. The van der Waals surface area contributed by atoms with E-state index in [0.717, 1.165) is 11.1 Å². The van der Waals surface area contributed by atoms with E-state index in [2.05, 4.69) is 6.58 Å². The summed E-state index contributed by atoms with van der Waals surface area (Å²) in [6.45, 7) is 5.52. The second kappa shape index (κ2) is 3.77. The number of carbonyl (C=O) groups is 1. The van der Waals surface area contributed by atoms with Gasteiger partial charge in [0.1, 0.15) is 6.10 Å². The first-order valence-corrected chi connectivity index (χ1v) is 4.77. The molecule has 0 radical (unpaired) electrons. The van der Waals surface area contributed by atoms with Crippen LogP contribution in [0.1, 0.15) is 25.0 Å². The summed E-state index contributed by atoms with van der Waals surface area (Å²) >= 11 is 0. The quantitative estimate of drug-likeness (QED) is 0.695. The van der Waals surface area contributed by atoms with Crippen molar-refractivity contribution in [2.45, 2.75) is 19.4 Å². The molecule has 0 bridgehead atoms. The van der Waals surface area contributed by atoms with E-state index >= 15 is 0 Å². The van der Waals surface area contributed by atoms with Crippen molar-refractivity contribution in [2.24, 2.45) is 0 Å². The zero-order valence-corrected chi connectivity index (χ0v) is 8.53. The smallest absolute Gasteiger partial charge is 0.338 e. The van der Waals surface area contributed by atoms with Crippen molar-refractivity contribution in [3.8, 4) is 0 Å². The molecular weight excluding hydrogens is 192 g/mol. The highest BCUT2D eigenvalue weighted by Gasteiger charge is 2.26. The SMILES string of the molecule is C=CC1=C(C)CC(c2ccoc2)OC1=O. The number of hydrogen-bond acceptors (Lipinski definition) is 3. The van der Waals surface area contributed by atoms with Crippen molar-refractivity contribution < 1.29 is 13.9 Å². The zero-order chi connectivity index (χ0) is 10.8. The van der Waals surface area contributed by atoms with E-state index in [1.165, 1.54) is 0 Å². The molecule has 0 fully saturated rings. The Kier molecular flexibility index (Phi) is 2.46. The summed E-state index contributed by atoms with van der Waals surface area (Å²) < 4.78 is 10.2. The summed E-state index contributed by atoms with van der Waals surface area (Å²) in [7, 11) is 0. The topological polar surface area (TPSA) is 39.4 Å². The molecule has 0 N–H and O–H groups in total. The van der Waals surface area contributed by atoms with Gasteiger partial charge in [0.15, 0.2) is 0 Å². The van der Waals surface area contributed by atoms with E-state index in [1.54, 1.807) is 18.6 Å². The predicted octanol–water partition coefficient (Wildman–Crippen LogP) is 2.77. The fourth-order valence-electron chi connectivity index (χ4n) is 1.70. The van der Waals surface area contributed by atoms with Crippen LogP contribution in [0.2, 0.25) is 0 Å². The Bertz CT molecular complexity index is 412. The van der Waals surface area contributed by atoms with Crippen LogP contribution in [-0.2, 0) is 9.53 Å². The molecule has 1 aromatic rings. The van der Waals surface area contributed by atoms with Gasteiger partial charge in [0.2, 0.25) is 0 Å². The van der Waals surface area contributed by atoms with Gasteiger partial charge in [-0.1, -0.05) is 18.2 Å². The molecule has 0 aliphatic carbocycles. The minimum atomic E-state index is -0.306. The van der Waals surface area contributed by atoms with Crippen molar-refractivity contribution >= 4 is 5.97 Å². The van der Waals surface area contributed by atoms with Crippen molar-refractivity contribution in [1.29, 1.82) is 0 Å². The first-order chi connectivity index (χ1) is 7.22. The van der Waals surface area contributed by atoms with E-state index < -0.39 is 0 Å². The largest absolute Gasteiger partial charge is 0.472 e. The molecule has 15 heavy (non-hydrogen) atoms. The van der Waals surface area contributed by atoms with Gasteiger partial charge in [0.05, 0.1) is 18.1 Å². The van der Waals surface area contributed by atoms with Crippen LogP contribution in [0.3, 0.4) is 0 Å². The molecule has 2 rings (SSSR count). The van der Waals surface area contributed by atoms with Crippen LogP contribution in [0.15, 0.2) is 46.8 Å². The normalized spacial score (nSPS) is 21.4. The summed E-state index contributed by atoms with van der Waals surface area (Å²) in [5.41, 5.74) is 2.48. The van der Waals surface area contributed by atoms with Crippen molar-refractivity contribution in [3.05, 3.63) is 48.0 Å². The molecule has 78 valence electrons. The average molecular weight is 204 g/mol. The predicted molar refractivity (Wildman–Crippen MR) is 55.1 cm³/mol. The standard InChI is InChI=1S/C12H12O3/c1-3-10-8(2)6-11(15-12(10)13)9-4-5-14-7-9/h3-5,7,11H,1,6H2,2H3. The monoisotopic (exact) mass is 204 g/mol. The Hall–Kier alpha value is -1.77. The molecular formula is C12H12O3. The lowest BCUT2D eigenvalue weighted by Gasteiger charge is -2.23. The first kappa shape index (κ1) is 9.77. The maximum atomic E-state index is 11.6. The van der Waals surface area contributed by atoms with Crippen LogP contribution in [0.25, 0.3) is 0 Å². The van der Waals surface area contributed by atoms with E-state index in [4.69, 9.17) is 9.15 Å². The lowest BCUT2D eigenvalue weighted by molar-refractivity contribution is -0.145. The van der Waals surface area contributed by atoms with Crippen LogP contribution in [0.5, 0.6) is 0 Å². The van der Waals surface area contributed by atoms with E-state index in [1.807, 2.05) is 13.0 Å². The van der Waals surface area contributed by atoms with Gasteiger partial charge < -0.3 is 9.15 Å². The number of furan rings is 1. The van der Waals surface area contributed by atoms with Crippen molar-refractivity contribution in [3.63, 3.8) is 0 Å². The molecule has 0 spiro atoms. The molecule has 1 unspecified atom stereocenters. The number of rotatable bonds is 2. The third-order valence-electron chi connectivity index (χ3n) is 2.54. The zero-order valence-electron chi connectivity index (χ0n) is 8.53. The third-order valence-corrected chi connectivity index (χ3v) is 2.54. The molecule has 3 nitrogen and oxygen atoms in total. The second-order valence-electron chi connectivity index (χ2n) is 3.55. The number of cyclic esters (lactones) is 1. The Balaban J connectivity index is 2.27. The molecule has 3 heteroatoms. The molecule has 1 aliphatic rings. The molecule has 0 aromatic carbocycles. The number of carbonyl (C=O) groups excluding carboxylic acids is 1. The maximum absolute atomic E-state index is 11.6. The van der Waals surface area contributed by atoms with Gasteiger partial charge >= 0.3 is 5.97 Å². The molecule has 0 saturated carbocycles. The van der Waals surface area contributed by atoms with E-state index in [-0.39, 0.29) is 12.1 Å². The molecule has 1 aromatic heterocycles. The van der Waals surface area contributed by atoms with Crippen molar-refractivity contribution in [1.82, 2.24) is 0 Å². The minimum absolute atomic E-state index is 0.222. The average Bonchev–Trinajstić information content (AvgIpc) is 2.69.